The average Bonchev–Trinajstić information content (AvgIpc) is 2.73. The largest absolute Gasteiger partial charge is 0.330 e. The number of nitrogens with zero attached hydrogens (tertiary/aromatic N) is 1. The number of carbonyl (C=O) groups is 2. The Morgan fingerprint density at radius 2 is 1.34 bits per heavy atom. The highest BCUT2D eigenvalue weighted by atomic mass is 79.9. The van der Waals surface area contributed by atoms with E-state index in [1.807, 2.05) is 18.2 Å². The van der Waals surface area contributed by atoms with E-state index in [2.05, 4.69) is 26.6 Å². The number of hydrogen-bond acceptors (Lipinski definition) is 5. The van der Waals surface area contributed by atoms with Gasteiger partial charge in [-0.15, -0.1) is 37.2 Å². The minimum Gasteiger partial charge on any atom is -0.330 e. The first-order chi connectivity index (χ1) is 14.1. The summed E-state index contributed by atoms with van der Waals surface area (Å²) < 4.78 is 0.894. The van der Waals surface area contributed by atoms with Crippen LogP contribution in [0.25, 0.3) is 10.8 Å². The minimum absolute atomic E-state index is 0. The van der Waals surface area contributed by atoms with Crippen molar-refractivity contribution in [2.24, 2.45) is 5.73 Å². The fraction of sp³-hybridized carbons (Fsp3) is 0.455. The highest BCUT2D eigenvalue weighted by Crippen LogP contribution is 2.34. The summed E-state index contributed by atoms with van der Waals surface area (Å²) in [4.78, 5) is 27.2. The summed E-state index contributed by atoms with van der Waals surface area (Å²) >= 11 is 3.51. The zero-order valence-electron chi connectivity index (χ0n) is 17.9. The second-order valence-electron chi connectivity index (χ2n) is 7.29. The molecule has 0 unspecified atom stereocenters. The van der Waals surface area contributed by atoms with E-state index < -0.39 is 0 Å². The minimum atomic E-state index is -0.199. The molecular formula is C22H32BrCl3N4O2. The van der Waals surface area contributed by atoms with Gasteiger partial charge in [-0.25, -0.2) is 0 Å². The summed E-state index contributed by atoms with van der Waals surface area (Å²) in [5.41, 5.74) is 6.67. The Morgan fingerprint density at radius 1 is 0.781 bits per heavy atom. The Kier molecular flexibility index (Phi) is 15.4. The summed E-state index contributed by atoms with van der Waals surface area (Å²) in [6, 6.07) is 9.28. The molecule has 4 N–H and O–H groups in total. The molecule has 0 saturated carbocycles. The zero-order valence-corrected chi connectivity index (χ0v) is 21.9. The lowest BCUT2D eigenvalue weighted by atomic mass is 9.94. The molecule has 6 nitrogen and oxygen atoms in total. The number of rotatable bonds is 12. The standard InChI is InChI=1S/C22H29BrN4O2.3ClH/c23-19-9-8-18-20-16(19)6-3-7-17(20)21(28)27(22(18)29)15-5-14-26-12-2-1-11-25-13-4-10-24;;;/h3,6-9,25-26H,1-2,4-5,10-15,24H2;3*1H. The van der Waals surface area contributed by atoms with Crippen LogP contribution in [0, 0.1) is 0 Å². The first-order valence-electron chi connectivity index (χ1n) is 10.3. The smallest absolute Gasteiger partial charge is 0.261 e. The lowest BCUT2D eigenvalue weighted by Crippen LogP contribution is -2.41. The molecule has 2 aromatic carbocycles. The van der Waals surface area contributed by atoms with E-state index >= 15 is 0 Å². The third-order valence-electron chi connectivity index (χ3n) is 5.19. The normalized spacial score (nSPS) is 12.2. The summed E-state index contributed by atoms with van der Waals surface area (Å²) in [6.07, 6.45) is 3.98. The van der Waals surface area contributed by atoms with Gasteiger partial charge in [-0.1, -0.05) is 28.1 Å². The van der Waals surface area contributed by atoms with Gasteiger partial charge < -0.3 is 16.4 Å². The van der Waals surface area contributed by atoms with Gasteiger partial charge in [-0.2, -0.15) is 0 Å². The van der Waals surface area contributed by atoms with E-state index in [4.69, 9.17) is 5.73 Å². The molecule has 10 heteroatoms. The van der Waals surface area contributed by atoms with Crippen LogP contribution in [0.15, 0.2) is 34.8 Å². The average molecular weight is 571 g/mol. The van der Waals surface area contributed by atoms with Crippen molar-refractivity contribution in [3.63, 3.8) is 0 Å². The molecule has 2 amide bonds. The quantitative estimate of drug-likeness (QED) is 0.264. The Morgan fingerprint density at radius 3 is 1.97 bits per heavy atom. The van der Waals surface area contributed by atoms with Gasteiger partial charge in [-0.05, 0) is 82.0 Å². The SMILES string of the molecule is Cl.Cl.Cl.NCCCNCCCCNCCCN1C(=O)c2cccc3c(Br)ccc(c23)C1=O. The van der Waals surface area contributed by atoms with Gasteiger partial charge in [0.2, 0.25) is 0 Å². The first kappa shape index (κ1) is 31.1. The molecule has 3 rings (SSSR count). The molecule has 0 spiro atoms. The van der Waals surface area contributed by atoms with Crippen LogP contribution in [-0.2, 0) is 0 Å². The topological polar surface area (TPSA) is 87.5 Å². The molecule has 0 saturated heterocycles. The molecule has 0 aliphatic carbocycles. The molecule has 0 fully saturated rings. The fourth-order valence-corrected chi connectivity index (χ4v) is 4.12. The number of imide groups is 1. The maximum Gasteiger partial charge on any atom is 0.261 e. The maximum atomic E-state index is 12.9. The molecule has 32 heavy (non-hydrogen) atoms. The van der Waals surface area contributed by atoms with E-state index in [9.17, 15) is 9.59 Å². The summed E-state index contributed by atoms with van der Waals surface area (Å²) in [6.45, 7) is 4.88. The van der Waals surface area contributed by atoms with Crippen molar-refractivity contribution < 1.29 is 9.59 Å². The Balaban J connectivity index is 0.00000320. The molecular weight excluding hydrogens is 539 g/mol. The Bertz CT molecular complexity index is 863. The molecule has 1 aliphatic rings. The molecule has 0 atom stereocenters. The van der Waals surface area contributed by atoms with Crippen LogP contribution in [0.3, 0.4) is 0 Å². The first-order valence-corrected chi connectivity index (χ1v) is 11.1. The summed E-state index contributed by atoms with van der Waals surface area (Å²) in [5, 5.41) is 8.43. The van der Waals surface area contributed by atoms with Crippen molar-refractivity contribution in [2.45, 2.75) is 25.7 Å². The van der Waals surface area contributed by atoms with Crippen LogP contribution in [0.4, 0.5) is 0 Å². The van der Waals surface area contributed by atoms with Crippen molar-refractivity contribution in [1.82, 2.24) is 15.5 Å². The third-order valence-corrected chi connectivity index (χ3v) is 5.88. The van der Waals surface area contributed by atoms with Crippen molar-refractivity contribution in [3.8, 4) is 0 Å². The van der Waals surface area contributed by atoms with Crippen molar-refractivity contribution in [3.05, 3.63) is 45.9 Å². The van der Waals surface area contributed by atoms with Crippen LogP contribution in [0.5, 0.6) is 0 Å². The van der Waals surface area contributed by atoms with E-state index in [1.54, 1.807) is 12.1 Å². The molecule has 1 heterocycles. The third kappa shape index (κ3) is 7.55. The summed E-state index contributed by atoms with van der Waals surface area (Å²) in [5.74, 6) is -0.399. The highest BCUT2D eigenvalue weighted by Gasteiger charge is 2.32. The van der Waals surface area contributed by atoms with Gasteiger partial charge in [0.25, 0.3) is 11.8 Å². The number of carbonyl (C=O) groups excluding carboxylic acids is 2. The van der Waals surface area contributed by atoms with Gasteiger partial charge >= 0.3 is 0 Å². The Labute approximate surface area is 216 Å². The lowest BCUT2D eigenvalue weighted by molar-refractivity contribution is 0.0609. The van der Waals surface area contributed by atoms with Crippen LogP contribution in [0.2, 0.25) is 0 Å². The van der Waals surface area contributed by atoms with Crippen molar-refractivity contribution >= 4 is 75.7 Å². The van der Waals surface area contributed by atoms with Gasteiger partial charge in [0.1, 0.15) is 0 Å². The number of unbranched alkanes of at least 4 members (excludes halogenated alkanes) is 1. The summed E-state index contributed by atoms with van der Waals surface area (Å²) in [7, 11) is 0. The molecule has 2 aromatic rings. The van der Waals surface area contributed by atoms with Crippen molar-refractivity contribution in [1.29, 1.82) is 0 Å². The van der Waals surface area contributed by atoms with E-state index in [0.717, 1.165) is 73.7 Å². The van der Waals surface area contributed by atoms with Gasteiger partial charge in [0.05, 0.1) is 0 Å². The molecule has 180 valence electrons. The predicted molar refractivity (Wildman–Crippen MR) is 142 cm³/mol. The predicted octanol–water partition coefficient (Wildman–Crippen LogP) is 4.16. The number of hydrogen-bond donors (Lipinski definition) is 3. The molecule has 0 radical (unpaired) electrons. The fourth-order valence-electron chi connectivity index (χ4n) is 3.65. The van der Waals surface area contributed by atoms with Crippen LogP contribution >= 0.6 is 53.2 Å². The van der Waals surface area contributed by atoms with Gasteiger partial charge in [0, 0.05) is 27.5 Å². The Hall–Kier alpha value is -0.930. The van der Waals surface area contributed by atoms with Crippen molar-refractivity contribution in [2.75, 3.05) is 39.3 Å². The number of benzene rings is 2. The highest BCUT2D eigenvalue weighted by molar-refractivity contribution is 9.10. The van der Waals surface area contributed by atoms with Crippen LogP contribution in [-0.4, -0.2) is 56.0 Å². The lowest BCUT2D eigenvalue weighted by Gasteiger charge is -2.27. The number of amides is 2. The number of nitrogens with one attached hydrogen (secondary N) is 2. The molecule has 0 bridgehead atoms. The van der Waals surface area contributed by atoms with Crippen LogP contribution < -0.4 is 16.4 Å². The van der Waals surface area contributed by atoms with E-state index in [0.29, 0.717) is 17.7 Å². The van der Waals surface area contributed by atoms with Gasteiger partial charge in [-0.3, -0.25) is 14.5 Å². The van der Waals surface area contributed by atoms with Crippen LogP contribution in [0.1, 0.15) is 46.4 Å². The second kappa shape index (κ2) is 15.8. The van der Waals surface area contributed by atoms with E-state index in [1.165, 1.54) is 4.90 Å². The second-order valence-corrected chi connectivity index (χ2v) is 8.14. The zero-order chi connectivity index (χ0) is 20.6. The molecule has 0 aromatic heterocycles. The van der Waals surface area contributed by atoms with E-state index in [-0.39, 0.29) is 49.0 Å². The maximum absolute atomic E-state index is 12.9. The number of halogens is 4. The van der Waals surface area contributed by atoms with Gasteiger partial charge in [0.15, 0.2) is 0 Å². The molecule has 1 aliphatic heterocycles. The number of nitrogens with two attached hydrogens (primary N) is 1. The monoisotopic (exact) mass is 568 g/mol.